The molecule has 0 aromatic heterocycles. The summed E-state index contributed by atoms with van der Waals surface area (Å²) in [4.78, 5) is 0. The van der Waals surface area contributed by atoms with Gasteiger partial charge in [0.25, 0.3) is 0 Å². The third-order valence-electron chi connectivity index (χ3n) is 3.89. The molecule has 1 aliphatic rings. The van der Waals surface area contributed by atoms with Crippen LogP contribution in [-0.2, 0) is 12.0 Å². The van der Waals surface area contributed by atoms with Gasteiger partial charge in [-0.3, -0.25) is 0 Å². The summed E-state index contributed by atoms with van der Waals surface area (Å²) in [6.45, 7) is 1.84. The summed E-state index contributed by atoms with van der Waals surface area (Å²) < 4.78 is 14.6. The van der Waals surface area contributed by atoms with Crippen molar-refractivity contribution in [3.63, 3.8) is 0 Å². The normalized spacial score (nSPS) is 19.9. The molecule has 0 aliphatic heterocycles. The first-order chi connectivity index (χ1) is 10.0. The van der Waals surface area contributed by atoms with E-state index in [2.05, 4.69) is 27.3 Å². The quantitative estimate of drug-likeness (QED) is 0.858. The zero-order chi connectivity index (χ0) is 15.0. The maximum absolute atomic E-state index is 13.6. The van der Waals surface area contributed by atoms with Crippen LogP contribution in [0.2, 0.25) is 0 Å². The number of halogens is 2. The summed E-state index contributed by atoms with van der Waals surface area (Å²) in [5.74, 6) is -0.292. The Morgan fingerprint density at radius 2 is 2.10 bits per heavy atom. The third kappa shape index (κ3) is 2.54. The van der Waals surface area contributed by atoms with E-state index in [0.29, 0.717) is 12.1 Å². The van der Waals surface area contributed by atoms with Crippen LogP contribution in [0.1, 0.15) is 23.1 Å². The molecule has 0 radical (unpaired) electrons. The minimum Gasteiger partial charge on any atom is -0.364 e. The number of nitrogens with zero attached hydrogens (tertiary/aromatic N) is 1. The predicted molar refractivity (Wildman–Crippen MR) is 84.5 cm³/mol. The van der Waals surface area contributed by atoms with Gasteiger partial charge >= 0.3 is 0 Å². The average Bonchev–Trinajstić information content (AvgIpc) is 2.76. The van der Waals surface area contributed by atoms with Crippen LogP contribution in [0.15, 0.2) is 40.9 Å². The summed E-state index contributed by atoms with van der Waals surface area (Å²) >= 11 is 3.46. The number of fused-ring (bicyclic) bond motifs is 1. The predicted octanol–water partition coefficient (Wildman–Crippen LogP) is 4.67. The Morgan fingerprint density at radius 1 is 1.29 bits per heavy atom. The molecule has 0 saturated heterocycles. The van der Waals surface area contributed by atoms with Crippen molar-refractivity contribution >= 4 is 21.6 Å². The van der Waals surface area contributed by atoms with Gasteiger partial charge in [0, 0.05) is 10.2 Å². The van der Waals surface area contributed by atoms with E-state index in [4.69, 9.17) is 0 Å². The van der Waals surface area contributed by atoms with Crippen molar-refractivity contribution in [2.24, 2.45) is 0 Å². The van der Waals surface area contributed by atoms with Crippen molar-refractivity contribution in [1.29, 1.82) is 5.26 Å². The molecule has 0 saturated carbocycles. The number of aryl methyl sites for hydroxylation is 2. The molecule has 0 bridgehead atoms. The second kappa shape index (κ2) is 5.16. The van der Waals surface area contributed by atoms with E-state index in [-0.39, 0.29) is 5.82 Å². The van der Waals surface area contributed by atoms with Crippen molar-refractivity contribution in [3.8, 4) is 6.07 Å². The lowest BCUT2D eigenvalue weighted by Crippen LogP contribution is -2.31. The van der Waals surface area contributed by atoms with E-state index in [1.807, 2.05) is 31.2 Å². The fourth-order valence-corrected chi connectivity index (χ4v) is 3.38. The van der Waals surface area contributed by atoms with E-state index >= 15 is 0 Å². The Balaban J connectivity index is 2.02. The first-order valence-corrected chi connectivity index (χ1v) is 7.57. The zero-order valence-electron chi connectivity index (χ0n) is 11.6. The van der Waals surface area contributed by atoms with Gasteiger partial charge in [0.2, 0.25) is 0 Å². The van der Waals surface area contributed by atoms with Crippen LogP contribution >= 0.6 is 15.9 Å². The summed E-state index contributed by atoms with van der Waals surface area (Å²) in [7, 11) is 0. The lowest BCUT2D eigenvalue weighted by molar-refractivity contribution is 0.611. The van der Waals surface area contributed by atoms with Crippen LogP contribution in [0.3, 0.4) is 0 Å². The molecule has 2 aromatic carbocycles. The van der Waals surface area contributed by atoms with E-state index in [9.17, 15) is 9.65 Å². The second-order valence-corrected chi connectivity index (χ2v) is 6.38. The Kier molecular flexibility index (Phi) is 3.46. The zero-order valence-corrected chi connectivity index (χ0v) is 13.2. The third-order valence-corrected chi connectivity index (χ3v) is 4.38. The first-order valence-electron chi connectivity index (χ1n) is 6.78. The second-order valence-electron chi connectivity index (χ2n) is 5.46. The number of hydrogen-bond acceptors (Lipinski definition) is 2. The van der Waals surface area contributed by atoms with Crippen LogP contribution in [0.4, 0.5) is 10.1 Å². The van der Waals surface area contributed by atoms with Crippen molar-refractivity contribution in [2.75, 3.05) is 5.32 Å². The summed E-state index contributed by atoms with van der Waals surface area (Å²) in [6, 6.07) is 13.1. The molecule has 2 aromatic rings. The Bertz CT molecular complexity index is 731. The number of anilines is 1. The van der Waals surface area contributed by atoms with Gasteiger partial charge in [-0.1, -0.05) is 22.0 Å². The van der Waals surface area contributed by atoms with Crippen molar-refractivity contribution in [1.82, 2.24) is 0 Å². The molecule has 1 N–H and O–H groups in total. The summed E-state index contributed by atoms with van der Waals surface area (Å²) in [5.41, 5.74) is 2.84. The standard InChI is InChI=1S/C17H14BrFN2/c1-11-6-14(19)9-15(7-11)21-17(10-20)5-4-12-8-13(18)2-3-16(12)17/h2-3,6-9,21H,4-5H2,1H3. The molecule has 1 aliphatic carbocycles. The maximum Gasteiger partial charge on any atom is 0.151 e. The molecule has 0 amide bonds. The van der Waals surface area contributed by atoms with Crippen molar-refractivity contribution in [3.05, 3.63) is 63.4 Å². The molecule has 106 valence electrons. The van der Waals surface area contributed by atoms with Gasteiger partial charge in [-0.05, 0) is 66.8 Å². The minimum atomic E-state index is -0.781. The molecule has 2 nitrogen and oxygen atoms in total. The molecule has 1 atom stereocenters. The lowest BCUT2D eigenvalue weighted by atomic mass is 9.93. The van der Waals surface area contributed by atoms with Crippen molar-refractivity contribution in [2.45, 2.75) is 25.3 Å². The number of hydrogen-bond donors (Lipinski definition) is 1. The van der Waals surface area contributed by atoms with Crippen LogP contribution in [0, 0.1) is 24.1 Å². The highest BCUT2D eigenvalue weighted by molar-refractivity contribution is 9.10. The maximum atomic E-state index is 13.6. The fraction of sp³-hybridized carbons (Fsp3) is 0.235. The Hall–Kier alpha value is -1.86. The topological polar surface area (TPSA) is 35.8 Å². The van der Waals surface area contributed by atoms with Crippen LogP contribution < -0.4 is 5.32 Å². The number of rotatable bonds is 2. The number of nitrogens with one attached hydrogen (secondary N) is 1. The highest BCUT2D eigenvalue weighted by Crippen LogP contribution is 2.40. The van der Waals surface area contributed by atoms with Crippen LogP contribution in [-0.4, -0.2) is 0 Å². The van der Waals surface area contributed by atoms with Gasteiger partial charge in [-0.2, -0.15) is 5.26 Å². The molecule has 0 heterocycles. The molecule has 21 heavy (non-hydrogen) atoms. The minimum absolute atomic E-state index is 0.292. The summed E-state index contributed by atoms with van der Waals surface area (Å²) in [6.07, 6.45) is 1.52. The van der Waals surface area contributed by atoms with Gasteiger partial charge < -0.3 is 5.32 Å². The van der Waals surface area contributed by atoms with Crippen LogP contribution in [0.5, 0.6) is 0 Å². The molecule has 1 unspecified atom stereocenters. The number of benzene rings is 2. The largest absolute Gasteiger partial charge is 0.364 e. The van der Waals surface area contributed by atoms with Gasteiger partial charge in [0.1, 0.15) is 5.82 Å². The van der Waals surface area contributed by atoms with Gasteiger partial charge in [-0.15, -0.1) is 0 Å². The highest BCUT2D eigenvalue weighted by Gasteiger charge is 2.39. The first kappa shape index (κ1) is 14.1. The van der Waals surface area contributed by atoms with Gasteiger partial charge in [-0.25, -0.2) is 4.39 Å². The van der Waals surface area contributed by atoms with E-state index in [1.54, 1.807) is 0 Å². The molecular formula is C17H14BrFN2. The molecule has 0 fully saturated rings. The van der Waals surface area contributed by atoms with E-state index in [0.717, 1.165) is 27.6 Å². The van der Waals surface area contributed by atoms with Crippen LogP contribution in [0.25, 0.3) is 0 Å². The van der Waals surface area contributed by atoms with E-state index < -0.39 is 5.54 Å². The smallest absolute Gasteiger partial charge is 0.151 e. The molecule has 3 rings (SSSR count). The summed E-state index contributed by atoms with van der Waals surface area (Å²) in [5, 5.41) is 13.0. The molecular weight excluding hydrogens is 331 g/mol. The molecule has 0 spiro atoms. The number of nitriles is 1. The fourth-order valence-electron chi connectivity index (χ4n) is 2.97. The average molecular weight is 345 g/mol. The molecule has 4 heteroatoms. The van der Waals surface area contributed by atoms with Crippen molar-refractivity contribution < 1.29 is 4.39 Å². The van der Waals surface area contributed by atoms with E-state index in [1.165, 1.54) is 12.1 Å². The van der Waals surface area contributed by atoms with Gasteiger partial charge in [0.05, 0.1) is 6.07 Å². The Morgan fingerprint density at radius 3 is 2.81 bits per heavy atom. The lowest BCUT2D eigenvalue weighted by Gasteiger charge is -2.25. The van der Waals surface area contributed by atoms with Gasteiger partial charge in [0.15, 0.2) is 5.54 Å². The monoisotopic (exact) mass is 344 g/mol. The SMILES string of the molecule is Cc1cc(F)cc(NC2(C#N)CCc3cc(Br)ccc32)c1. The Labute approximate surface area is 131 Å². The highest BCUT2D eigenvalue weighted by atomic mass is 79.9.